The van der Waals surface area contributed by atoms with E-state index in [9.17, 15) is 8.78 Å². The summed E-state index contributed by atoms with van der Waals surface area (Å²) in [6.07, 6.45) is 1.04. The van der Waals surface area contributed by atoms with Crippen LogP contribution in [0, 0.1) is 11.6 Å². The zero-order chi connectivity index (χ0) is 12.7. The molecule has 1 unspecified atom stereocenters. The maximum Gasteiger partial charge on any atom is 0.163 e. The van der Waals surface area contributed by atoms with Crippen LogP contribution in [-0.4, -0.2) is 17.5 Å². The lowest BCUT2D eigenvalue weighted by Crippen LogP contribution is -2.26. The summed E-state index contributed by atoms with van der Waals surface area (Å²) < 4.78 is 26.3. The van der Waals surface area contributed by atoms with E-state index in [1.54, 1.807) is 6.07 Å². The summed E-state index contributed by atoms with van der Waals surface area (Å²) in [5.41, 5.74) is 0.389. The molecule has 0 spiro atoms. The molecule has 0 aliphatic carbocycles. The number of halogens is 2. The van der Waals surface area contributed by atoms with Crippen LogP contribution in [0.2, 0.25) is 0 Å². The van der Waals surface area contributed by atoms with Gasteiger partial charge in [0.2, 0.25) is 0 Å². The van der Waals surface area contributed by atoms with Gasteiger partial charge in [0.15, 0.2) is 11.6 Å². The van der Waals surface area contributed by atoms with Gasteiger partial charge in [-0.2, -0.15) is 11.8 Å². The van der Waals surface area contributed by atoms with Crippen molar-refractivity contribution in [2.75, 3.05) is 11.5 Å². The fourth-order valence-corrected chi connectivity index (χ4v) is 2.28. The molecule has 0 amide bonds. The predicted molar refractivity (Wildman–Crippen MR) is 70.3 cm³/mol. The highest BCUT2D eigenvalue weighted by molar-refractivity contribution is 7.99. The van der Waals surface area contributed by atoms with E-state index in [1.807, 2.05) is 11.8 Å². The van der Waals surface area contributed by atoms with E-state index >= 15 is 0 Å². The quantitative estimate of drug-likeness (QED) is 0.751. The van der Waals surface area contributed by atoms with Gasteiger partial charge >= 0.3 is 0 Å². The smallest absolute Gasteiger partial charge is 0.163 e. The lowest BCUT2D eigenvalue weighted by Gasteiger charge is -2.13. The Morgan fingerprint density at radius 1 is 1.35 bits per heavy atom. The second-order valence-electron chi connectivity index (χ2n) is 3.98. The molecule has 1 N–H and O–H groups in total. The first-order valence-electron chi connectivity index (χ1n) is 5.89. The van der Waals surface area contributed by atoms with Crippen LogP contribution < -0.4 is 5.32 Å². The second-order valence-corrected chi connectivity index (χ2v) is 5.37. The Kier molecular flexibility index (Phi) is 6.52. The summed E-state index contributed by atoms with van der Waals surface area (Å²) in [6.45, 7) is 4.57. The molecular weight excluding hydrogens is 240 g/mol. The third kappa shape index (κ3) is 5.04. The molecule has 1 aromatic carbocycles. The number of thioether (sulfide) groups is 1. The largest absolute Gasteiger partial charge is 0.310 e. The van der Waals surface area contributed by atoms with E-state index in [2.05, 4.69) is 19.2 Å². The van der Waals surface area contributed by atoms with Gasteiger partial charge < -0.3 is 5.32 Å². The van der Waals surface area contributed by atoms with Crippen molar-refractivity contribution < 1.29 is 8.78 Å². The van der Waals surface area contributed by atoms with Crippen molar-refractivity contribution in [2.24, 2.45) is 0 Å². The van der Waals surface area contributed by atoms with Gasteiger partial charge in [-0.25, -0.2) is 8.78 Å². The first kappa shape index (κ1) is 14.5. The monoisotopic (exact) mass is 259 g/mol. The summed E-state index contributed by atoms with van der Waals surface area (Å²) in [7, 11) is 0. The SMILES string of the molecule is CCSCCC(C)NCc1cccc(F)c1F. The number of rotatable bonds is 7. The number of benzene rings is 1. The van der Waals surface area contributed by atoms with Gasteiger partial charge in [0.1, 0.15) is 0 Å². The van der Waals surface area contributed by atoms with Gasteiger partial charge in [0.05, 0.1) is 0 Å². The summed E-state index contributed by atoms with van der Waals surface area (Å²) in [6, 6.07) is 4.60. The topological polar surface area (TPSA) is 12.0 Å². The van der Waals surface area contributed by atoms with Gasteiger partial charge in [-0.15, -0.1) is 0 Å². The molecule has 1 rings (SSSR count). The Morgan fingerprint density at radius 3 is 2.82 bits per heavy atom. The minimum absolute atomic E-state index is 0.316. The first-order valence-corrected chi connectivity index (χ1v) is 7.04. The third-order valence-electron chi connectivity index (χ3n) is 2.57. The molecule has 4 heteroatoms. The van der Waals surface area contributed by atoms with Crippen LogP contribution in [0.4, 0.5) is 8.78 Å². The molecule has 0 heterocycles. The van der Waals surface area contributed by atoms with Crippen LogP contribution in [-0.2, 0) is 6.54 Å². The van der Waals surface area contributed by atoms with Crippen molar-refractivity contribution in [3.63, 3.8) is 0 Å². The highest BCUT2D eigenvalue weighted by Gasteiger charge is 2.08. The molecule has 1 atom stereocenters. The van der Waals surface area contributed by atoms with E-state index in [4.69, 9.17) is 0 Å². The molecule has 1 nitrogen and oxygen atoms in total. The Hall–Kier alpha value is -0.610. The molecule has 0 fully saturated rings. The zero-order valence-corrected chi connectivity index (χ0v) is 11.1. The Balaban J connectivity index is 2.37. The number of hydrogen-bond donors (Lipinski definition) is 1. The van der Waals surface area contributed by atoms with Crippen LogP contribution in [0.1, 0.15) is 25.8 Å². The van der Waals surface area contributed by atoms with Crippen molar-refractivity contribution in [1.29, 1.82) is 0 Å². The Bertz CT molecular complexity index is 344. The van der Waals surface area contributed by atoms with Crippen molar-refractivity contribution in [3.8, 4) is 0 Å². The molecule has 96 valence electrons. The Morgan fingerprint density at radius 2 is 2.12 bits per heavy atom. The van der Waals surface area contributed by atoms with Crippen LogP contribution in [0.5, 0.6) is 0 Å². The molecule has 1 aromatic rings. The lowest BCUT2D eigenvalue weighted by molar-refractivity contribution is 0.479. The summed E-state index contributed by atoms with van der Waals surface area (Å²) in [5.74, 6) is 0.690. The van der Waals surface area contributed by atoms with Crippen molar-refractivity contribution in [3.05, 3.63) is 35.4 Å². The molecule has 0 bridgehead atoms. The van der Waals surface area contributed by atoms with Gasteiger partial charge in [-0.1, -0.05) is 19.1 Å². The number of hydrogen-bond acceptors (Lipinski definition) is 2. The van der Waals surface area contributed by atoms with Crippen LogP contribution in [0.3, 0.4) is 0 Å². The Labute approximate surface area is 106 Å². The maximum absolute atomic E-state index is 13.3. The average Bonchev–Trinajstić information content (AvgIpc) is 2.31. The highest BCUT2D eigenvalue weighted by Crippen LogP contribution is 2.11. The standard InChI is InChI=1S/C13H19F2NS/c1-3-17-8-7-10(2)16-9-11-5-4-6-12(14)13(11)15/h4-6,10,16H,3,7-9H2,1-2H3. The van der Waals surface area contributed by atoms with Crippen LogP contribution in [0.15, 0.2) is 18.2 Å². The minimum atomic E-state index is -0.779. The summed E-state index contributed by atoms with van der Waals surface area (Å²) in [4.78, 5) is 0. The normalized spacial score (nSPS) is 12.7. The molecule has 0 radical (unpaired) electrons. The number of nitrogens with one attached hydrogen (secondary N) is 1. The average molecular weight is 259 g/mol. The van der Waals surface area contributed by atoms with Crippen LogP contribution in [0.25, 0.3) is 0 Å². The summed E-state index contributed by atoms with van der Waals surface area (Å²) in [5, 5.41) is 3.21. The van der Waals surface area contributed by atoms with Gasteiger partial charge in [-0.3, -0.25) is 0 Å². The van der Waals surface area contributed by atoms with Gasteiger partial charge in [0.25, 0.3) is 0 Å². The molecule has 0 aromatic heterocycles. The molecular formula is C13H19F2NS. The van der Waals surface area contributed by atoms with Crippen LogP contribution >= 0.6 is 11.8 Å². The first-order chi connectivity index (χ1) is 8.15. The molecule has 0 aliphatic rings. The predicted octanol–water partition coefficient (Wildman–Crippen LogP) is 3.59. The third-order valence-corrected chi connectivity index (χ3v) is 3.50. The lowest BCUT2D eigenvalue weighted by atomic mass is 10.2. The van der Waals surface area contributed by atoms with E-state index in [-0.39, 0.29) is 0 Å². The van der Waals surface area contributed by atoms with Gasteiger partial charge in [0, 0.05) is 18.2 Å². The van der Waals surface area contributed by atoms with Gasteiger partial charge in [-0.05, 0) is 30.9 Å². The highest BCUT2D eigenvalue weighted by atomic mass is 32.2. The molecule has 0 saturated carbocycles. The summed E-state index contributed by atoms with van der Waals surface area (Å²) >= 11 is 1.89. The molecule has 17 heavy (non-hydrogen) atoms. The fraction of sp³-hybridized carbons (Fsp3) is 0.538. The van der Waals surface area contributed by atoms with E-state index in [1.165, 1.54) is 6.07 Å². The van der Waals surface area contributed by atoms with Crippen molar-refractivity contribution >= 4 is 11.8 Å². The maximum atomic E-state index is 13.3. The second kappa shape index (κ2) is 7.67. The molecule has 0 aliphatic heterocycles. The van der Waals surface area contributed by atoms with Crippen molar-refractivity contribution in [2.45, 2.75) is 32.9 Å². The van der Waals surface area contributed by atoms with E-state index in [0.717, 1.165) is 24.0 Å². The van der Waals surface area contributed by atoms with Crippen molar-refractivity contribution in [1.82, 2.24) is 5.32 Å². The molecule has 0 saturated heterocycles. The zero-order valence-electron chi connectivity index (χ0n) is 10.3. The minimum Gasteiger partial charge on any atom is -0.310 e. The fourth-order valence-electron chi connectivity index (χ4n) is 1.48. The van der Waals surface area contributed by atoms with E-state index < -0.39 is 11.6 Å². The van der Waals surface area contributed by atoms with E-state index in [0.29, 0.717) is 18.2 Å².